The van der Waals surface area contributed by atoms with Crippen molar-refractivity contribution in [3.05, 3.63) is 34.3 Å². The lowest BCUT2D eigenvalue weighted by atomic mass is 10.1. The highest BCUT2D eigenvalue weighted by molar-refractivity contribution is 6.31. The minimum absolute atomic E-state index is 0.0499. The average molecular weight is 285 g/mol. The molecule has 0 fully saturated rings. The minimum Gasteiger partial charge on any atom is -0.409 e. The van der Waals surface area contributed by atoms with Crippen LogP contribution < -0.4 is 5.73 Å². The Morgan fingerprint density at radius 2 is 2.16 bits per heavy atom. The molecule has 0 bridgehead atoms. The van der Waals surface area contributed by atoms with Crippen molar-refractivity contribution >= 4 is 17.4 Å². The number of halogens is 1. The first-order chi connectivity index (χ1) is 9.19. The maximum Gasteiger partial charge on any atom is 0.170 e. The van der Waals surface area contributed by atoms with Crippen molar-refractivity contribution in [3.8, 4) is 0 Å². The van der Waals surface area contributed by atoms with Crippen molar-refractivity contribution in [2.24, 2.45) is 10.9 Å². The Balaban J connectivity index is 2.43. The van der Waals surface area contributed by atoms with Gasteiger partial charge in [0, 0.05) is 17.2 Å². The molecule has 0 aliphatic rings. The zero-order valence-electron chi connectivity index (χ0n) is 11.2. The van der Waals surface area contributed by atoms with Crippen LogP contribution in [0.4, 0.5) is 0 Å². The van der Waals surface area contributed by atoms with E-state index in [0.717, 1.165) is 18.6 Å². The van der Waals surface area contributed by atoms with Crippen LogP contribution in [0.2, 0.25) is 5.02 Å². The molecule has 0 atom stereocenters. The lowest BCUT2D eigenvalue weighted by Crippen LogP contribution is -2.13. The third kappa shape index (κ3) is 5.49. The van der Waals surface area contributed by atoms with Gasteiger partial charge in [0.15, 0.2) is 5.84 Å². The molecule has 0 heterocycles. The van der Waals surface area contributed by atoms with Gasteiger partial charge in [0.2, 0.25) is 0 Å². The SMILES string of the molecule is CCCCCCOCc1ccc(/C(N)=N/O)cc1Cl. The van der Waals surface area contributed by atoms with E-state index >= 15 is 0 Å². The third-order valence-corrected chi connectivity index (χ3v) is 3.21. The van der Waals surface area contributed by atoms with E-state index in [-0.39, 0.29) is 5.84 Å². The van der Waals surface area contributed by atoms with Gasteiger partial charge in [-0.3, -0.25) is 0 Å². The Labute approximate surface area is 119 Å². The molecule has 5 heteroatoms. The summed E-state index contributed by atoms with van der Waals surface area (Å²) < 4.78 is 5.58. The molecule has 0 radical (unpaired) electrons. The van der Waals surface area contributed by atoms with Crippen molar-refractivity contribution in [1.82, 2.24) is 0 Å². The maximum absolute atomic E-state index is 8.59. The van der Waals surface area contributed by atoms with Gasteiger partial charge in [-0.2, -0.15) is 0 Å². The summed E-state index contributed by atoms with van der Waals surface area (Å²) in [5.74, 6) is 0.0499. The predicted octanol–water partition coefficient (Wildman–Crippen LogP) is 3.53. The third-order valence-electron chi connectivity index (χ3n) is 2.86. The predicted molar refractivity (Wildman–Crippen MR) is 77.8 cm³/mol. The Morgan fingerprint density at radius 1 is 1.37 bits per heavy atom. The lowest BCUT2D eigenvalue weighted by molar-refractivity contribution is 0.117. The molecule has 1 aromatic carbocycles. The number of rotatable bonds is 8. The van der Waals surface area contributed by atoms with Gasteiger partial charge in [-0.15, -0.1) is 0 Å². The summed E-state index contributed by atoms with van der Waals surface area (Å²) in [5, 5.41) is 12.1. The highest BCUT2D eigenvalue weighted by atomic mass is 35.5. The average Bonchev–Trinajstić information content (AvgIpc) is 2.43. The molecule has 0 aromatic heterocycles. The molecule has 0 amide bonds. The van der Waals surface area contributed by atoms with Crippen LogP contribution in [0.15, 0.2) is 23.4 Å². The minimum atomic E-state index is 0.0499. The molecule has 0 saturated heterocycles. The van der Waals surface area contributed by atoms with Gasteiger partial charge in [-0.1, -0.05) is 55.1 Å². The van der Waals surface area contributed by atoms with E-state index < -0.39 is 0 Å². The van der Waals surface area contributed by atoms with Crippen LogP contribution in [0.5, 0.6) is 0 Å². The standard InChI is InChI=1S/C14H21ClN2O2/c1-2-3-4-5-8-19-10-12-7-6-11(9-13(12)15)14(16)17-18/h6-7,9,18H,2-5,8,10H2,1H3,(H2,16,17). The van der Waals surface area contributed by atoms with Gasteiger partial charge in [-0.05, 0) is 18.1 Å². The molecule has 0 aliphatic heterocycles. The van der Waals surface area contributed by atoms with Gasteiger partial charge in [-0.25, -0.2) is 0 Å². The van der Waals surface area contributed by atoms with Crippen LogP contribution in [0.3, 0.4) is 0 Å². The monoisotopic (exact) mass is 284 g/mol. The molecule has 4 nitrogen and oxygen atoms in total. The maximum atomic E-state index is 8.59. The number of unbranched alkanes of at least 4 members (excludes halogenated alkanes) is 3. The van der Waals surface area contributed by atoms with E-state index in [0.29, 0.717) is 17.2 Å². The normalized spacial score (nSPS) is 11.8. The van der Waals surface area contributed by atoms with Crippen LogP contribution in [0.1, 0.15) is 43.7 Å². The van der Waals surface area contributed by atoms with E-state index in [2.05, 4.69) is 12.1 Å². The zero-order chi connectivity index (χ0) is 14.1. The molecule has 1 aromatic rings. The van der Waals surface area contributed by atoms with Crippen LogP contribution in [-0.2, 0) is 11.3 Å². The van der Waals surface area contributed by atoms with Crippen LogP contribution in [0.25, 0.3) is 0 Å². The first-order valence-electron chi connectivity index (χ1n) is 6.53. The summed E-state index contributed by atoms with van der Waals surface area (Å²) in [5.41, 5.74) is 7.00. The number of ether oxygens (including phenoxy) is 1. The molecule has 0 spiro atoms. The van der Waals surface area contributed by atoms with E-state index in [4.69, 9.17) is 27.3 Å². The second-order valence-corrected chi connectivity index (χ2v) is 4.81. The number of oxime groups is 1. The van der Waals surface area contributed by atoms with Gasteiger partial charge < -0.3 is 15.7 Å². The molecule has 1 rings (SSSR count). The highest BCUT2D eigenvalue weighted by Gasteiger charge is 2.05. The second-order valence-electron chi connectivity index (χ2n) is 4.40. The van der Waals surface area contributed by atoms with Crippen molar-refractivity contribution < 1.29 is 9.94 Å². The summed E-state index contributed by atoms with van der Waals surface area (Å²) in [7, 11) is 0. The molecular formula is C14H21ClN2O2. The van der Waals surface area contributed by atoms with E-state index in [9.17, 15) is 0 Å². The molecule has 19 heavy (non-hydrogen) atoms. The van der Waals surface area contributed by atoms with Crippen LogP contribution in [-0.4, -0.2) is 17.6 Å². The molecule has 3 N–H and O–H groups in total. The smallest absolute Gasteiger partial charge is 0.170 e. The van der Waals surface area contributed by atoms with Crippen LogP contribution in [0, 0.1) is 0 Å². The Kier molecular flexibility index (Phi) is 7.30. The first kappa shape index (κ1) is 15.8. The van der Waals surface area contributed by atoms with Crippen molar-refractivity contribution in [1.29, 1.82) is 0 Å². The number of hydrogen-bond acceptors (Lipinski definition) is 3. The molecule has 0 aliphatic carbocycles. The Hall–Kier alpha value is -1.26. The summed E-state index contributed by atoms with van der Waals surface area (Å²) in [4.78, 5) is 0. The first-order valence-corrected chi connectivity index (χ1v) is 6.91. The van der Waals surface area contributed by atoms with Gasteiger partial charge >= 0.3 is 0 Å². The Bertz CT molecular complexity index is 422. The highest BCUT2D eigenvalue weighted by Crippen LogP contribution is 2.19. The van der Waals surface area contributed by atoms with Crippen molar-refractivity contribution in [2.75, 3.05) is 6.61 Å². The summed E-state index contributed by atoms with van der Waals surface area (Å²) >= 11 is 6.12. The van der Waals surface area contributed by atoms with Gasteiger partial charge in [0.05, 0.1) is 6.61 Å². The van der Waals surface area contributed by atoms with E-state index in [1.807, 2.05) is 6.07 Å². The van der Waals surface area contributed by atoms with Gasteiger partial charge in [0.25, 0.3) is 0 Å². The summed E-state index contributed by atoms with van der Waals surface area (Å²) in [6.07, 6.45) is 4.75. The van der Waals surface area contributed by atoms with E-state index in [1.165, 1.54) is 19.3 Å². The summed E-state index contributed by atoms with van der Waals surface area (Å²) in [6.45, 7) is 3.42. The number of benzene rings is 1. The fraction of sp³-hybridized carbons (Fsp3) is 0.500. The number of hydrogen-bond donors (Lipinski definition) is 2. The molecule has 0 saturated carbocycles. The number of nitrogens with two attached hydrogens (primary N) is 1. The largest absolute Gasteiger partial charge is 0.409 e. The fourth-order valence-electron chi connectivity index (χ4n) is 1.69. The van der Waals surface area contributed by atoms with Crippen molar-refractivity contribution in [2.45, 2.75) is 39.2 Å². The summed E-state index contributed by atoms with van der Waals surface area (Å²) in [6, 6.07) is 5.27. The molecular weight excluding hydrogens is 264 g/mol. The lowest BCUT2D eigenvalue weighted by Gasteiger charge is -2.07. The molecule has 0 unspecified atom stereocenters. The quantitative estimate of drug-likeness (QED) is 0.252. The second kappa shape index (κ2) is 8.77. The zero-order valence-corrected chi connectivity index (χ0v) is 12.0. The number of amidine groups is 1. The van der Waals surface area contributed by atoms with Crippen LogP contribution >= 0.6 is 11.6 Å². The van der Waals surface area contributed by atoms with E-state index in [1.54, 1.807) is 12.1 Å². The Morgan fingerprint density at radius 3 is 2.79 bits per heavy atom. The van der Waals surface area contributed by atoms with Crippen molar-refractivity contribution in [3.63, 3.8) is 0 Å². The fourth-order valence-corrected chi connectivity index (χ4v) is 1.93. The topological polar surface area (TPSA) is 67.8 Å². The molecule has 106 valence electrons. The van der Waals surface area contributed by atoms with Gasteiger partial charge in [0.1, 0.15) is 0 Å². The number of nitrogens with zero attached hydrogens (tertiary/aromatic N) is 1.